The van der Waals surface area contributed by atoms with Gasteiger partial charge in [0.05, 0.1) is 0 Å². The highest BCUT2D eigenvalue weighted by Gasteiger charge is 2.02. The van der Waals surface area contributed by atoms with E-state index in [9.17, 15) is 9.59 Å². The lowest BCUT2D eigenvalue weighted by Gasteiger charge is -2.05. The largest absolute Gasteiger partial charge is 0.273 e. The topological polar surface area (TPSA) is 58.2 Å². The molecule has 0 unspecified atom stereocenters. The van der Waals surface area contributed by atoms with Crippen molar-refractivity contribution in [2.24, 2.45) is 0 Å². The minimum absolute atomic E-state index is 0.156. The van der Waals surface area contributed by atoms with E-state index in [1.165, 1.54) is 11.6 Å². The van der Waals surface area contributed by atoms with E-state index in [4.69, 9.17) is 0 Å². The maximum Gasteiger partial charge on any atom is 0.262 e. The molecule has 0 spiro atoms. The Kier molecular flexibility index (Phi) is 7.97. The molecule has 120 valence electrons. The van der Waals surface area contributed by atoms with Crippen molar-refractivity contribution in [2.45, 2.75) is 52.4 Å². The molecule has 4 nitrogen and oxygen atoms in total. The summed E-state index contributed by atoms with van der Waals surface area (Å²) in [4.78, 5) is 23.1. The smallest absolute Gasteiger partial charge is 0.262 e. The maximum atomic E-state index is 11.6. The molecule has 0 radical (unpaired) electrons. The van der Waals surface area contributed by atoms with Crippen LogP contribution in [0.5, 0.6) is 0 Å². The van der Waals surface area contributed by atoms with Gasteiger partial charge in [-0.2, -0.15) is 0 Å². The molecule has 1 aromatic rings. The van der Waals surface area contributed by atoms with Crippen molar-refractivity contribution in [1.82, 2.24) is 10.9 Å². The van der Waals surface area contributed by atoms with Gasteiger partial charge in [0.2, 0.25) is 5.91 Å². The highest BCUT2D eigenvalue weighted by atomic mass is 16.2. The number of hydrogen-bond donors (Lipinski definition) is 2. The van der Waals surface area contributed by atoms with Gasteiger partial charge < -0.3 is 0 Å². The predicted molar refractivity (Wildman–Crippen MR) is 90.0 cm³/mol. The Morgan fingerprint density at radius 3 is 2.36 bits per heavy atom. The fourth-order valence-electron chi connectivity index (χ4n) is 1.93. The lowest BCUT2D eigenvalue weighted by atomic mass is 10.0. The van der Waals surface area contributed by atoms with Crippen LogP contribution in [0.2, 0.25) is 0 Å². The summed E-state index contributed by atoms with van der Waals surface area (Å²) in [6.07, 6.45) is 6.51. The van der Waals surface area contributed by atoms with Crippen LogP contribution in [-0.4, -0.2) is 11.8 Å². The molecule has 0 aliphatic carbocycles. The van der Waals surface area contributed by atoms with Crippen LogP contribution >= 0.6 is 0 Å². The molecule has 0 saturated carbocycles. The fraction of sp³-hybridized carbons (Fsp3) is 0.444. The predicted octanol–water partition coefficient (Wildman–Crippen LogP) is 3.55. The van der Waals surface area contributed by atoms with E-state index in [0.29, 0.717) is 12.3 Å². The van der Waals surface area contributed by atoms with Crippen molar-refractivity contribution in [2.75, 3.05) is 0 Å². The average Bonchev–Trinajstić information content (AvgIpc) is 2.51. The number of unbranched alkanes of at least 4 members (excludes halogenated alkanes) is 2. The van der Waals surface area contributed by atoms with Crippen LogP contribution < -0.4 is 10.9 Å². The number of nitrogens with one attached hydrogen (secondary N) is 2. The molecule has 0 saturated heterocycles. The quantitative estimate of drug-likeness (QED) is 0.460. The Bertz CT molecular complexity index is 504. The molecule has 0 atom stereocenters. The highest BCUT2D eigenvalue weighted by molar-refractivity contribution is 5.93. The molecule has 2 N–H and O–H groups in total. The van der Waals surface area contributed by atoms with E-state index in [1.807, 2.05) is 12.1 Å². The van der Waals surface area contributed by atoms with E-state index in [-0.39, 0.29) is 11.8 Å². The van der Waals surface area contributed by atoms with Gasteiger partial charge in [0.1, 0.15) is 0 Å². The zero-order valence-electron chi connectivity index (χ0n) is 13.7. The van der Waals surface area contributed by atoms with Crippen molar-refractivity contribution in [3.05, 3.63) is 41.5 Å². The molecular formula is C18H26N2O2. The first-order valence-electron chi connectivity index (χ1n) is 7.89. The minimum Gasteiger partial charge on any atom is -0.273 e. The van der Waals surface area contributed by atoms with Crippen molar-refractivity contribution >= 4 is 17.9 Å². The van der Waals surface area contributed by atoms with Crippen LogP contribution in [0.4, 0.5) is 0 Å². The van der Waals surface area contributed by atoms with Crippen LogP contribution in [-0.2, 0) is 9.59 Å². The molecule has 1 rings (SSSR count). The van der Waals surface area contributed by atoms with Gasteiger partial charge in [-0.25, -0.2) is 0 Å². The minimum atomic E-state index is -0.336. The van der Waals surface area contributed by atoms with Gasteiger partial charge in [-0.3, -0.25) is 20.4 Å². The van der Waals surface area contributed by atoms with E-state index in [0.717, 1.165) is 24.8 Å². The summed E-state index contributed by atoms with van der Waals surface area (Å²) in [6.45, 7) is 6.36. The Morgan fingerprint density at radius 1 is 1.09 bits per heavy atom. The number of rotatable bonds is 7. The molecule has 0 bridgehead atoms. The normalized spacial score (nSPS) is 10.9. The van der Waals surface area contributed by atoms with E-state index < -0.39 is 0 Å². The van der Waals surface area contributed by atoms with Crippen LogP contribution in [0.3, 0.4) is 0 Å². The average molecular weight is 302 g/mol. The molecule has 1 aromatic carbocycles. The molecule has 0 aliphatic rings. The lowest BCUT2D eigenvalue weighted by molar-refractivity contribution is -0.126. The number of carbonyl (C=O) groups is 2. The second-order valence-electron chi connectivity index (χ2n) is 5.65. The Hall–Kier alpha value is -2.10. The summed E-state index contributed by atoms with van der Waals surface area (Å²) >= 11 is 0. The third-order valence-corrected chi connectivity index (χ3v) is 3.36. The van der Waals surface area contributed by atoms with Crippen LogP contribution in [0, 0.1) is 0 Å². The van der Waals surface area contributed by atoms with Crippen molar-refractivity contribution in [1.29, 1.82) is 0 Å². The summed E-state index contributed by atoms with van der Waals surface area (Å²) in [5.74, 6) is -0.00230. The molecule has 22 heavy (non-hydrogen) atoms. The molecule has 0 heterocycles. The Balaban J connectivity index is 2.36. The maximum absolute atomic E-state index is 11.6. The standard InChI is InChI=1S/C18H26N2O2/c1-4-5-6-7-17(21)19-20-18(22)13-10-15-8-11-16(12-9-15)14(2)3/h8-14H,4-7H2,1-3H3,(H,19,21)(H,20,22)/b13-10-. The highest BCUT2D eigenvalue weighted by Crippen LogP contribution is 2.15. The Labute approximate surface area is 133 Å². The summed E-state index contributed by atoms with van der Waals surface area (Å²) < 4.78 is 0. The Morgan fingerprint density at radius 2 is 1.77 bits per heavy atom. The first-order valence-corrected chi connectivity index (χ1v) is 7.89. The van der Waals surface area contributed by atoms with Gasteiger partial charge in [0.15, 0.2) is 0 Å². The van der Waals surface area contributed by atoms with Gasteiger partial charge in [-0.15, -0.1) is 0 Å². The van der Waals surface area contributed by atoms with Gasteiger partial charge in [0, 0.05) is 12.5 Å². The van der Waals surface area contributed by atoms with Crippen molar-refractivity contribution < 1.29 is 9.59 Å². The summed E-state index contributed by atoms with van der Waals surface area (Å²) in [7, 11) is 0. The molecule has 4 heteroatoms. The number of hydrazine groups is 1. The molecule has 0 fully saturated rings. The van der Waals surface area contributed by atoms with E-state index in [1.54, 1.807) is 6.08 Å². The molecule has 2 amide bonds. The monoisotopic (exact) mass is 302 g/mol. The SMILES string of the molecule is CCCCCC(=O)NNC(=O)/C=C\c1ccc(C(C)C)cc1. The summed E-state index contributed by atoms with van der Waals surface area (Å²) in [5, 5.41) is 0. The zero-order valence-corrected chi connectivity index (χ0v) is 13.7. The van der Waals surface area contributed by atoms with E-state index in [2.05, 4.69) is 43.8 Å². The van der Waals surface area contributed by atoms with Gasteiger partial charge >= 0.3 is 0 Å². The van der Waals surface area contributed by atoms with Gasteiger partial charge in [0.25, 0.3) is 5.91 Å². The third kappa shape index (κ3) is 7.07. The molecule has 0 aromatic heterocycles. The number of amides is 2. The van der Waals surface area contributed by atoms with Gasteiger partial charge in [-0.1, -0.05) is 57.9 Å². The lowest BCUT2D eigenvalue weighted by Crippen LogP contribution is -2.40. The van der Waals surface area contributed by atoms with Crippen LogP contribution in [0.25, 0.3) is 6.08 Å². The fourth-order valence-corrected chi connectivity index (χ4v) is 1.93. The summed E-state index contributed by atoms with van der Waals surface area (Å²) in [6, 6.07) is 8.06. The van der Waals surface area contributed by atoms with Crippen LogP contribution in [0.1, 0.15) is 63.5 Å². The number of hydrogen-bond acceptors (Lipinski definition) is 2. The second kappa shape index (κ2) is 9.77. The first kappa shape index (κ1) is 18.0. The van der Waals surface area contributed by atoms with Crippen LogP contribution in [0.15, 0.2) is 30.3 Å². The second-order valence-corrected chi connectivity index (χ2v) is 5.65. The first-order chi connectivity index (χ1) is 10.5. The molecular weight excluding hydrogens is 276 g/mol. The molecule has 0 aliphatic heterocycles. The zero-order chi connectivity index (χ0) is 16.4. The van der Waals surface area contributed by atoms with Crippen molar-refractivity contribution in [3.8, 4) is 0 Å². The van der Waals surface area contributed by atoms with Gasteiger partial charge in [-0.05, 0) is 29.5 Å². The van der Waals surface area contributed by atoms with Crippen molar-refractivity contribution in [3.63, 3.8) is 0 Å². The third-order valence-electron chi connectivity index (χ3n) is 3.36. The summed E-state index contributed by atoms with van der Waals surface area (Å²) in [5.41, 5.74) is 7.01. The number of benzene rings is 1. The number of carbonyl (C=O) groups excluding carboxylic acids is 2. The van der Waals surface area contributed by atoms with E-state index >= 15 is 0 Å².